The zero-order valence-corrected chi connectivity index (χ0v) is 23.3. The van der Waals surface area contributed by atoms with E-state index in [0.717, 1.165) is 22.8 Å². The van der Waals surface area contributed by atoms with E-state index in [1.807, 2.05) is 48.5 Å². The van der Waals surface area contributed by atoms with Crippen LogP contribution < -0.4 is 5.06 Å². The van der Waals surface area contributed by atoms with Crippen LogP contribution in [0.15, 0.2) is 85.1 Å². The summed E-state index contributed by atoms with van der Waals surface area (Å²) in [6, 6.07) is 21.9. The molecule has 10 heteroatoms. The van der Waals surface area contributed by atoms with Crippen LogP contribution in [0.1, 0.15) is 45.8 Å². The number of likely N-dealkylation sites (tertiary alicyclic amines) is 1. The predicted molar refractivity (Wildman–Crippen MR) is 153 cm³/mol. The third-order valence-corrected chi connectivity index (χ3v) is 7.77. The third-order valence-electron chi connectivity index (χ3n) is 7.32. The number of nitrogens with zero attached hydrogens (tertiary/aromatic N) is 3. The molecule has 0 atom stereocenters. The fraction of sp³-hybridized carbons (Fsp3) is 0.226. The molecule has 0 saturated carbocycles. The lowest BCUT2D eigenvalue weighted by molar-refractivity contribution is -0.138. The molecule has 1 fully saturated rings. The predicted octanol–water partition coefficient (Wildman–Crippen LogP) is 8.49. The van der Waals surface area contributed by atoms with Crippen molar-refractivity contribution in [2.45, 2.75) is 31.5 Å². The molecule has 0 unspecified atom stereocenters. The molecule has 1 amide bonds. The van der Waals surface area contributed by atoms with Gasteiger partial charge in [0.25, 0.3) is 5.91 Å². The molecular formula is C31H26Cl2F3N3O2. The first kappa shape index (κ1) is 29.1. The standard InChI is InChI=1S/C31H26Cl2F3N3O2/c32-25-10-8-22(9-11-25)21-6-4-20(5-7-21)19-38-16-13-23(14-17-38)29-26(31(34,35)36)2-1-3-27(29)39(41)30(40)24-12-15-37-28(33)18-24/h1-12,15,18,23,41H,13-14,16-17,19H2. The second-order valence-corrected chi connectivity index (χ2v) is 10.8. The van der Waals surface area contributed by atoms with Gasteiger partial charge in [0.05, 0.1) is 11.3 Å². The number of carbonyl (C=O) groups is 1. The average Bonchev–Trinajstić information content (AvgIpc) is 2.97. The van der Waals surface area contributed by atoms with E-state index in [9.17, 15) is 23.2 Å². The summed E-state index contributed by atoms with van der Waals surface area (Å²) in [4.78, 5) is 19.0. The first-order valence-corrected chi connectivity index (χ1v) is 13.8. The Labute approximate surface area is 245 Å². The number of hydrogen-bond acceptors (Lipinski definition) is 4. The number of piperidine rings is 1. The van der Waals surface area contributed by atoms with Gasteiger partial charge < -0.3 is 0 Å². The van der Waals surface area contributed by atoms with Gasteiger partial charge in [-0.05, 0) is 90.5 Å². The Morgan fingerprint density at radius 3 is 2.20 bits per heavy atom. The van der Waals surface area contributed by atoms with E-state index in [1.54, 1.807) is 0 Å². The van der Waals surface area contributed by atoms with E-state index in [4.69, 9.17) is 23.2 Å². The highest BCUT2D eigenvalue weighted by Crippen LogP contribution is 2.43. The quantitative estimate of drug-likeness (QED) is 0.137. The maximum absolute atomic E-state index is 14.1. The van der Waals surface area contributed by atoms with Crippen LogP contribution in [0, 0.1) is 0 Å². The first-order chi connectivity index (χ1) is 19.6. The number of amides is 1. The largest absolute Gasteiger partial charge is 0.416 e. The normalized spacial score (nSPS) is 14.7. The summed E-state index contributed by atoms with van der Waals surface area (Å²) >= 11 is 11.9. The fourth-order valence-electron chi connectivity index (χ4n) is 5.26. The molecule has 41 heavy (non-hydrogen) atoms. The molecule has 0 spiro atoms. The summed E-state index contributed by atoms with van der Waals surface area (Å²) in [6.07, 6.45) is -2.49. The van der Waals surface area contributed by atoms with Crippen molar-refractivity contribution in [3.05, 3.63) is 117 Å². The van der Waals surface area contributed by atoms with Gasteiger partial charge in [-0.25, -0.2) is 4.98 Å². The number of alkyl halides is 3. The zero-order valence-electron chi connectivity index (χ0n) is 21.8. The molecule has 1 aliphatic rings. The van der Waals surface area contributed by atoms with Crippen LogP contribution in [0.5, 0.6) is 0 Å². The highest BCUT2D eigenvalue weighted by Gasteiger charge is 2.39. The second-order valence-electron chi connectivity index (χ2n) is 9.97. The van der Waals surface area contributed by atoms with Gasteiger partial charge in [-0.15, -0.1) is 0 Å². The highest BCUT2D eigenvalue weighted by molar-refractivity contribution is 6.30. The van der Waals surface area contributed by atoms with Gasteiger partial charge in [0.2, 0.25) is 0 Å². The fourth-order valence-corrected chi connectivity index (χ4v) is 5.56. The number of pyridine rings is 1. The summed E-state index contributed by atoms with van der Waals surface area (Å²) < 4.78 is 42.4. The maximum atomic E-state index is 14.1. The minimum atomic E-state index is -4.65. The summed E-state index contributed by atoms with van der Waals surface area (Å²) in [5.41, 5.74) is 2.11. The summed E-state index contributed by atoms with van der Waals surface area (Å²) in [7, 11) is 0. The monoisotopic (exact) mass is 599 g/mol. The third kappa shape index (κ3) is 6.73. The molecule has 0 radical (unpaired) electrons. The Hall–Kier alpha value is -3.43. The van der Waals surface area contributed by atoms with Crippen molar-refractivity contribution in [2.24, 2.45) is 0 Å². The van der Waals surface area contributed by atoms with Crippen LogP contribution in [-0.4, -0.2) is 34.1 Å². The van der Waals surface area contributed by atoms with Crippen LogP contribution in [0.2, 0.25) is 10.2 Å². The Balaban J connectivity index is 1.32. The number of aromatic nitrogens is 1. The molecule has 1 aromatic heterocycles. The van der Waals surface area contributed by atoms with Crippen LogP contribution in [0.25, 0.3) is 11.1 Å². The van der Waals surface area contributed by atoms with Gasteiger partial charge >= 0.3 is 6.18 Å². The van der Waals surface area contributed by atoms with Crippen LogP contribution in [-0.2, 0) is 12.7 Å². The minimum absolute atomic E-state index is 0.00719. The van der Waals surface area contributed by atoms with Crippen molar-refractivity contribution in [3.8, 4) is 11.1 Å². The Morgan fingerprint density at radius 1 is 0.951 bits per heavy atom. The summed E-state index contributed by atoms with van der Waals surface area (Å²) in [5, 5.41) is 11.8. The number of halogens is 5. The number of carbonyl (C=O) groups excluding carboxylic acids is 1. The van der Waals surface area contributed by atoms with E-state index in [0.29, 0.717) is 37.5 Å². The molecule has 1 N–H and O–H groups in total. The lowest BCUT2D eigenvalue weighted by Crippen LogP contribution is -2.34. The van der Waals surface area contributed by atoms with Gasteiger partial charge in [0.15, 0.2) is 0 Å². The smallest absolute Gasteiger partial charge is 0.299 e. The van der Waals surface area contributed by atoms with Crippen LogP contribution in [0.4, 0.5) is 18.9 Å². The van der Waals surface area contributed by atoms with E-state index in [2.05, 4.69) is 9.88 Å². The summed E-state index contributed by atoms with van der Waals surface area (Å²) in [5.74, 6) is -1.40. The van der Waals surface area contributed by atoms with Gasteiger partial charge in [0, 0.05) is 23.3 Å². The number of hydrogen-bond donors (Lipinski definition) is 1. The van der Waals surface area contributed by atoms with Gasteiger partial charge in [-0.3, -0.25) is 14.9 Å². The Morgan fingerprint density at radius 2 is 1.59 bits per heavy atom. The highest BCUT2D eigenvalue weighted by atomic mass is 35.5. The molecule has 212 valence electrons. The molecule has 0 aliphatic carbocycles. The SMILES string of the molecule is O=C(c1ccnc(Cl)c1)N(O)c1cccc(C(F)(F)F)c1C1CCN(Cc2ccc(-c3ccc(Cl)cc3)cc2)CC1. The van der Waals surface area contributed by atoms with Gasteiger partial charge in [0.1, 0.15) is 5.15 Å². The van der Waals surface area contributed by atoms with Crippen molar-refractivity contribution in [1.29, 1.82) is 0 Å². The molecule has 5 rings (SSSR count). The minimum Gasteiger partial charge on any atom is -0.299 e. The molecule has 4 aromatic rings. The first-order valence-electron chi connectivity index (χ1n) is 13.0. The molecule has 1 saturated heterocycles. The van der Waals surface area contributed by atoms with E-state index in [1.165, 1.54) is 30.5 Å². The molecule has 0 bridgehead atoms. The van der Waals surface area contributed by atoms with Crippen molar-refractivity contribution >= 4 is 34.8 Å². The number of hydroxylamine groups is 1. The zero-order chi connectivity index (χ0) is 29.1. The number of rotatable bonds is 6. The van der Waals surface area contributed by atoms with Crippen molar-refractivity contribution in [3.63, 3.8) is 0 Å². The number of anilines is 1. The van der Waals surface area contributed by atoms with E-state index >= 15 is 0 Å². The number of benzene rings is 3. The summed E-state index contributed by atoms with van der Waals surface area (Å²) in [6.45, 7) is 1.79. The lowest BCUT2D eigenvalue weighted by atomic mass is 9.84. The maximum Gasteiger partial charge on any atom is 0.416 e. The molecule has 5 nitrogen and oxygen atoms in total. The van der Waals surface area contributed by atoms with Gasteiger partial charge in [-0.1, -0.05) is 65.7 Å². The Bertz CT molecular complexity index is 1520. The van der Waals surface area contributed by atoms with Crippen molar-refractivity contribution in [1.82, 2.24) is 9.88 Å². The second kappa shape index (κ2) is 12.2. The molecule has 2 heterocycles. The van der Waals surface area contributed by atoms with Crippen LogP contribution >= 0.6 is 23.2 Å². The van der Waals surface area contributed by atoms with Crippen LogP contribution in [0.3, 0.4) is 0 Å². The average molecular weight is 600 g/mol. The molecular weight excluding hydrogens is 574 g/mol. The lowest BCUT2D eigenvalue weighted by Gasteiger charge is -2.35. The van der Waals surface area contributed by atoms with E-state index in [-0.39, 0.29) is 27.0 Å². The van der Waals surface area contributed by atoms with E-state index < -0.39 is 23.6 Å². The molecule has 1 aliphatic heterocycles. The Kier molecular flexibility index (Phi) is 8.66. The van der Waals surface area contributed by atoms with Gasteiger partial charge in [-0.2, -0.15) is 18.2 Å². The van der Waals surface area contributed by atoms with Crippen molar-refractivity contribution < 1.29 is 23.2 Å². The van der Waals surface area contributed by atoms with Crippen molar-refractivity contribution in [2.75, 3.05) is 18.2 Å². The molecule has 3 aromatic carbocycles. The topological polar surface area (TPSA) is 56.7 Å².